The van der Waals surface area contributed by atoms with E-state index < -0.39 is 5.91 Å². The van der Waals surface area contributed by atoms with Crippen molar-refractivity contribution >= 4 is 46.2 Å². The Balaban J connectivity index is 2.08. The quantitative estimate of drug-likeness (QED) is 0.442. The second-order valence-corrected chi connectivity index (χ2v) is 5.36. The van der Waals surface area contributed by atoms with Crippen molar-refractivity contribution in [3.63, 3.8) is 0 Å². The van der Waals surface area contributed by atoms with Gasteiger partial charge in [-0.2, -0.15) is 5.26 Å². The molecule has 0 unspecified atom stereocenters. The first kappa shape index (κ1) is 16.7. The van der Waals surface area contributed by atoms with E-state index >= 15 is 0 Å². The summed E-state index contributed by atoms with van der Waals surface area (Å²) in [6.07, 6.45) is 1.30. The van der Waals surface area contributed by atoms with Crippen LogP contribution in [0.4, 0.5) is 17.1 Å². The predicted molar refractivity (Wildman–Crippen MR) is 93.3 cm³/mol. The number of carbonyl (C=O) groups is 1. The maximum Gasteiger partial charge on any atom is 0.267 e. The lowest BCUT2D eigenvalue weighted by Gasteiger charge is -2.06. The fourth-order valence-corrected chi connectivity index (χ4v) is 1.96. The van der Waals surface area contributed by atoms with Gasteiger partial charge in [-0.25, -0.2) is 0 Å². The molecule has 7 heteroatoms. The van der Waals surface area contributed by atoms with Gasteiger partial charge in [0.25, 0.3) is 5.91 Å². The molecule has 0 saturated carbocycles. The number of nitrogens with one attached hydrogen (secondary N) is 2. The summed E-state index contributed by atoms with van der Waals surface area (Å²) in [5.74, 6) is -0.538. The molecule has 0 aliphatic rings. The molecule has 0 saturated heterocycles. The van der Waals surface area contributed by atoms with Crippen molar-refractivity contribution in [2.75, 3.05) is 16.4 Å². The van der Waals surface area contributed by atoms with Gasteiger partial charge in [0.05, 0.1) is 10.7 Å². The number of halogens is 2. The van der Waals surface area contributed by atoms with E-state index in [0.717, 1.165) is 0 Å². The van der Waals surface area contributed by atoms with E-state index in [2.05, 4.69) is 10.6 Å². The van der Waals surface area contributed by atoms with E-state index in [1.165, 1.54) is 6.20 Å². The van der Waals surface area contributed by atoms with Crippen LogP contribution in [0.5, 0.6) is 0 Å². The first-order chi connectivity index (χ1) is 11.0. The van der Waals surface area contributed by atoms with Crippen LogP contribution in [0.25, 0.3) is 0 Å². The molecule has 0 aliphatic carbocycles. The number of carbonyl (C=O) groups excluding carboxylic acids is 1. The molecule has 0 aromatic heterocycles. The van der Waals surface area contributed by atoms with Crippen molar-refractivity contribution in [3.8, 4) is 6.07 Å². The van der Waals surface area contributed by atoms with Crippen LogP contribution in [0.15, 0.2) is 54.2 Å². The minimum Gasteiger partial charge on any atom is -0.398 e. The Kier molecular flexibility index (Phi) is 5.47. The Morgan fingerprint density at radius 1 is 1.13 bits per heavy atom. The Morgan fingerprint density at radius 2 is 1.78 bits per heavy atom. The first-order valence-electron chi connectivity index (χ1n) is 6.48. The lowest BCUT2D eigenvalue weighted by molar-refractivity contribution is -0.112. The van der Waals surface area contributed by atoms with Gasteiger partial charge >= 0.3 is 0 Å². The minimum atomic E-state index is -0.538. The molecule has 0 bridgehead atoms. The number of benzene rings is 2. The predicted octanol–water partition coefficient (Wildman–Crippen LogP) is 4.03. The molecule has 2 aromatic carbocycles. The first-order valence-corrected chi connectivity index (χ1v) is 7.24. The lowest BCUT2D eigenvalue weighted by atomic mass is 10.2. The summed E-state index contributed by atoms with van der Waals surface area (Å²) in [6.45, 7) is 0. The highest BCUT2D eigenvalue weighted by atomic mass is 35.5. The number of anilines is 3. The summed E-state index contributed by atoms with van der Waals surface area (Å²) in [5.41, 5.74) is 7.12. The molecule has 0 spiro atoms. The van der Waals surface area contributed by atoms with Crippen molar-refractivity contribution in [1.82, 2.24) is 0 Å². The summed E-state index contributed by atoms with van der Waals surface area (Å²) in [7, 11) is 0. The van der Waals surface area contributed by atoms with Gasteiger partial charge in [-0.1, -0.05) is 23.2 Å². The molecule has 0 fully saturated rings. The highest BCUT2D eigenvalue weighted by molar-refractivity contribution is 6.33. The molecule has 4 N–H and O–H groups in total. The Labute approximate surface area is 143 Å². The maximum atomic E-state index is 12.0. The zero-order valence-electron chi connectivity index (χ0n) is 11.8. The highest BCUT2D eigenvalue weighted by Crippen LogP contribution is 2.22. The number of hydrogen-bond donors (Lipinski definition) is 3. The normalized spacial score (nSPS) is 10.7. The summed E-state index contributed by atoms with van der Waals surface area (Å²) in [4.78, 5) is 12.0. The van der Waals surface area contributed by atoms with Crippen LogP contribution in [0.1, 0.15) is 0 Å². The van der Waals surface area contributed by atoms with Gasteiger partial charge in [-0.15, -0.1) is 0 Å². The van der Waals surface area contributed by atoms with E-state index in [1.54, 1.807) is 42.5 Å². The van der Waals surface area contributed by atoms with Crippen molar-refractivity contribution in [2.45, 2.75) is 0 Å². The van der Waals surface area contributed by atoms with Gasteiger partial charge in [0.1, 0.15) is 11.6 Å². The second kappa shape index (κ2) is 7.54. The average Bonchev–Trinajstić information content (AvgIpc) is 2.53. The third kappa shape index (κ3) is 4.65. The molecular formula is C16H12Cl2N4O. The number of nitrogen functional groups attached to an aromatic ring is 1. The summed E-state index contributed by atoms with van der Waals surface area (Å²) >= 11 is 11.7. The molecule has 2 aromatic rings. The molecule has 116 valence electrons. The van der Waals surface area contributed by atoms with Gasteiger partial charge in [0.15, 0.2) is 0 Å². The van der Waals surface area contributed by atoms with Gasteiger partial charge < -0.3 is 16.4 Å². The molecule has 0 aliphatic heterocycles. The summed E-state index contributed by atoms with van der Waals surface area (Å²) in [6, 6.07) is 13.3. The Morgan fingerprint density at radius 3 is 2.39 bits per heavy atom. The molecule has 5 nitrogen and oxygen atoms in total. The van der Waals surface area contributed by atoms with Crippen LogP contribution in [0.2, 0.25) is 10.0 Å². The van der Waals surface area contributed by atoms with Crippen LogP contribution >= 0.6 is 23.2 Å². The van der Waals surface area contributed by atoms with Crippen molar-refractivity contribution in [2.24, 2.45) is 0 Å². The smallest absolute Gasteiger partial charge is 0.267 e. The van der Waals surface area contributed by atoms with Gasteiger partial charge in [0.2, 0.25) is 0 Å². The third-order valence-corrected chi connectivity index (χ3v) is 3.43. The molecule has 1 amide bonds. The summed E-state index contributed by atoms with van der Waals surface area (Å²) in [5, 5.41) is 15.5. The molecule has 0 atom stereocenters. The largest absolute Gasteiger partial charge is 0.398 e. The Bertz CT molecular complexity index is 795. The van der Waals surface area contributed by atoms with E-state index in [1.807, 2.05) is 6.07 Å². The fourth-order valence-electron chi connectivity index (χ4n) is 1.65. The maximum absolute atomic E-state index is 12.0. The zero-order valence-corrected chi connectivity index (χ0v) is 13.3. The van der Waals surface area contributed by atoms with Crippen molar-refractivity contribution < 1.29 is 4.79 Å². The fraction of sp³-hybridized carbons (Fsp3) is 0. The Hall–Kier alpha value is -2.68. The van der Waals surface area contributed by atoms with Crippen LogP contribution in [0.3, 0.4) is 0 Å². The topological polar surface area (TPSA) is 90.9 Å². The SMILES string of the molecule is N#C/C(=C/Nc1ccc(N)c(Cl)c1)C(=O)Nc1ccc(Cl)cc1. The van der Waals surface area contributed by atoms with E-state index in [4.69, 9.17) is 34.2 Å². The third-order valence-electron chi connectivity index (χ3n) is 2.85. The van der Waals surface area contributed by atoms with Gasteiger partial charge in [-0.3, -0.25) is 4.79 Å². The second-order valence-electron chi connectivity index (χ2n) is 4.51. The molecule has 23 heavy (non-hydrogen) atoms. The number of hydrogen-bond acceptors (Lipinski definition) is 4. The van der Waals surface area contributed by atoms with Gasteiger partial charge in [0, 0.05) is 22.6 Å². The minimum absolute atomic E-state index is 0.0899. The van der Waals surface area contributed by atoms with Crippen LogP contribution in [-0.4, -0.2) is 5.91 Å². The van der Waals surface area contributed by atoms with Crippen LogP contribution in [-0.2, 0) is 4.79 Å². The lowest BCUT2D eigenvalue weighted by Crippen LogP contribution is -2.14. The highest BCUT2D eigenvalue weighted by Gasteiger charge is 2.09. The van der Waals surface area contributed by atoms with Crippen molar-refractivity contribution in [3.05, 3.63) is 64.3 Å². The number of nitrogens with two attached hydrogens (primary N) is 1. The molecular weight excluding hydrogens is 335 g/mol. The van der Waals surface area contributed by atoms with Crippen molar-refractivity contribution in [1.29, 1.82) is 5.26 Å². The van der Waals surface area contributed by atoms with E-state index in [9.17, 15) is 4.79 Å². The van der Waals surface area contributed by atoms with Crippen LogP contribution in [0, 0.1) is 11.3 Å². The average molecular weight is 347 g/mol. The number of amides is 1. The van der Waals surface area contributed by atoms with Gasteiger partial charge in [-0.05, 0) is 42.5 Å². The number of nitrogens with zero attached hydrogens (tertiary/aromatic N) is 1. The van der Waals surface area contributed by atoms with Crippen LogP contribution < -0.4 is 16.4 Å². The number of nitriles is 1. The molecule has 0 radical (unpaired) electrons. The molecule has 0 heterocycles. The molecule has 2 rings (SSSR count). The monoisotopic (exact) mass is 346 g/mol. The zero-order chi connectivity index (χ0) is 16.8. The van der Waals surface area contributed by atoms with E-state index in [0.29, 0.717) is 27.1 Å². The summed E-state index contributed by atoms with van der Waals surface area (Å²) < 4.78 is 0. The number of rotatable bonds is 4. The van der Waals surface area contributed by atoms with E-state index in [-0.39, 0.29) is 5.57 Å². The standard InChI is InChI=1S/C16H12Cl2N4O/c17-11-1-3-12(4-2-11)22-16(23)10(8-19)9-21-13-5-6-15(20)14(18)7-13/h1-7,9,21H,20H2,(H,22,23)/b10-9-.